The van der Waals surface area contributed by atoms with Crippen molar-refractivity contribution in [2.24, 2.45) is 0 Å². The second-order valence-corrected chi connectivity index (χ2v) is 6.38. The molecule has 0 saturated carbocycles. The van der Waals surface area contributed by atoms with Crippen molar-refractivity contribution >= 4 is 23.9 Å². The van der Waals surface area contributed by atoms with Gasteiger partial charge in [0.25, 0.3) is 0 Å². The Bertz CT molecular complexity index is 738. The molecule has 22 heavy (non-hydrogen) atoms. The van der Waals surface area contributed by atoms with Crippen LogP contribution < -0.4 is 0 Å². The summed E-state index contributed by atoms with van der Waals surface area (Å²) in [7, 11) is 0. The summed E-state index contributed by atoms with van der Waals surface area (Å²) in [5.74, 6) is 0. The van der Waals surface area contributed by atoms with Crippen LogP contribution in [0.5, 0.6) is 0 Å². The van der Waals surface area contributed by atoms with Gasteiger partial charge in [-0.15, -0.1) is 0 Å². The predicted molar refractivity (Wildman–Crippen MR) is 97.1 cm³/mol. The second-order valence-electron chi connectivity index (χ2n) is 5.23. The maximum Gasteiger partial charge on any atom is 0.0122 e. The first-order valence-electron chi connectivity index (χ1n) is 7.37. The Hall–Kier alpha value is -2.25. The van der Waals surface area contributed by atoms with Crippen molar-refractivity contribution in [1.29, 1.82) is 0 Å². The van der Waals surface area contributed by atoms with E-state index in [4.69, 9.17) is 0 Å². The number of rotatable bonds is 4. The summed E-state index contributed by atoms with van der Waals surface area (Å²) in [4.78, 5) is 2.53. The van der Waals surface area contributed by atoms with Gasteiger partial charge in [-0.3, -0.25) is 0 Å². The van der Waals surface area contributed by atoms with Crippen molar-refractivity contribution in [1.82, 2.24) is 0 Å². The van der Waals surface area contributed by atoms with Crippen molar-refractivity contribution < 1.29 is 0 Å². The van der Waals surface area contributed by atoms with Crippen molar-refractivity contribution in [3.63, 3.8) is 0 Å². The molecule has 0 unspecified atom stereocenters. The monoisotopic (exact) mass is 302 g/mol. The summed E-state index contributed by atoms with van der Waals surface area (Å²) in [6.07, 6.45) is 4.31. The second kappa shape index (κ2) is 7.15. The van der Waals surface area contributed by atoms with Crippen LogP contribution in [0.1, 0.15) is 16.7 Å². The SMILES string of the molecule is Cc1ccc(/C=C/c2ccc(Sc3ccccc3)cc2)cc1. The lowest BCUT2D eigenvalue weighted by Gasteiger charge is -2.02. The Morgan fingerprint density at radius 3 is 1.68 bits per heavy atom. The van der Waals surface area contributed by atoms with E-state index < -0.39 is 0 Å². The average molecular weight is 302 g/mol. The molecule has 0 aliphatic heterocycles. The van der Waals surface area contributed by atoms with E-state index in [-0.39, 0.29) is 0 Å². The van der Waals surface area contributed by atoms with Crippen LogP contribution in [-0.4, -0.2) is 0 Å². The molecule has 3 rings (SSSR count). The minimum absolute atomic E-state index is 1.22. The van der Waals surface area contributed by atoms with E-state index in [1.807, 2.05) is 6.07 Å². The standard InChI is InChI=1S/C21H18S/c1-17-7-9-18(10-8-17)11-12-19-13-15-21(16-14-19)22-20-5-3-2-4-6-20/h2-16H,1H3/b12-11+. The van der Waals surface area contributed by atoms with Crippen LogP contribution in [-0.2, 0) is 0 Å². The largest absolute Gasteiger partial charge is 0.0901 e. The molecule has 0 aliphatic rings. The van der Waals surface area contributed by atoms with E-state index in [9.17, 15) is 0 Å². The fourth-order valence-electron chi connectivity index (χ4n) is 2.14. The van der Waals surface area contributed by atoms with E-state index in [0.717, 1.165) is 0 Å². The van der Waals surface area contributed by atoms with Gasteiger partial charge in [-0.25, -0.2) is 0 Å². The minimum Gasteiger partial charge on any atom is -0.0901 e. The van der Waals surface area contributed by atoms with Gasteiger partial charge < -0.3 is 0 Å². The quantitative estimate of drug-likeness (QED) is 0.508. The molecule has 0 N–H and O–H groups in total. The maximum atomic E-state index is 2.17. The molecule has 3 aromatic carbocycles. The summed E-state index contributed by atoms with van der Waals surface area (Å²) < 4.78 is 0. The lowest BCUT2D eigenvalue weighted by molar-refractivity contribution is 1.40. The Morgan fingerprint density at radius 1 is 0.591 bits per heavy atom. The number of hydrogen-bond donors (Lipinski definition) is 0. The van der Waals surface area contributed by atoms with Crippen LogP contribution in [0.15, 0.2) is 88.7 Å². The summed E-state index contributed by atoms with van der Waals surface area (Å²) in [5.41, 5.74) is 3.74. The molecule has 0 saturated heterocycles. The first kappa shape index (κ1) is 14.7. The zero-order valence-electron chi connectivity index (χ0n) is 12.6. The normalized spacial score (nSPS) is 11.0. The molecule has 0 bridgehead atoms. The summed E-state index contributed by atoms with van der Waals surface area (Å²) in [5, 5.41) is 0. The molecule has 0 heterocycles. The third-order valence-corrected chi connectivity index (χ3v) is 4.42. The highest BCUT2D eigenvalue weighted by molar-refractivity contribution is 7.99. The highest BCUT2D eigenvalue weighted by Gasteiger charge is 1.96. The first-order chi connectivity index (χ1) is 10.8. The van der Waals surface area contributed by atoms with Crippen molar-refractivity contribution in [3.8, 4) is 0 Å². The average Bonchev–Trinajstić information content (AvgIpc) is 2.57. The van der Waals surface area contributed by atoms with E-state index in [0.29, 0.717) is 0 Å². The molecular weight excluding hydrogens is 284 g/mol. The van der Waals surface area contributed by atoms with Crippen LogP contribution in [0.25, 0.3) is 12.2 Å². The number of hydrogen-bond acceptors (Lipinski definition) is 1. The molecule has 0 amide bonds. The van der Waals surface area contributed by atoms with Gasteiger partial charge in [-0.05, 0) is 42.3 Å². The molecule has 0 atom stereocenters. The minimum atomic E-state index is 1.22. The molecular formula is C21H18S. The number of benzene rings is 3. The van der Waals surface area contributed by atoms with Crippen LogP contribution in [0, 0.1) is 6.92 Å². The molecule has 3 aromatic rings. The zero-order valence-corrected chi connectivity index (χ0v) is 13.4. The summed E-state index contributed by atoms with van der Waals surface area (Å²) in [6.45, 7) is 2.11. The van der Waals surface area contributed by atoms with Gasteiger partial charge in [0.15, 0.2) is 0 Å². The van der Waals surface area contributed by atoms with Crippen LogP contribution in [0.3, 0.4) is 0 Å². The predicted octanol–water partition coefficient (Wildman–Crippen LogP) is 6.32. The van der Waals surface area contributed by atoms with Gasteiger partial charge >= 0.3 is 0 Å². The van der Waals surface area contributed by atoms with Crippen LogP contribution in [0.4, 0.5) is 0 Å². The highest BCUT2D eigenvalue weighted by Crippen LogP contribution is 2.27. The lowest BCUT2D eigenvalue weighted by atomic mass is 10.1. The molecule has 0 radical (unpaired) electrons. The number of aryl methyl sites for hydroxylation is 1. The molecule has 0 fully saturated rings. The van der Waals surface area contributed by atoms with E-state index in [1.54, 1.807) is 11.8 Å². The fraction of sp³-hybridized carbons (Fsp3) is 0.0476. The molecule has 1 heteroatoms. The lowest BCUT2D eigenvalue weighted by Crippen LogP contribution is -1.76. The van der Waals surface area contributed by atoms with Gasteiger partial charge in [-0.2, -0.15) is 0 Å². The fourth-order valence-corrected chi connectivity index (χ4v) is 2.98. The van der Waals surface area contributed by atoms with Gasteiger partial charge in [0, 0.05) is 9.79 Å². The summed E-state index contributed by atoms with van der Waals surface area (Å²) in [6, 6.07) is 27.7. The first-order valence-corrected chi connectivity index (χ1v) is 8.19. The van der Waals surface area contributed by atoms with Gasteiger partial charge in [0.1, 0.15) is 0 Å². The van der Waals surface area contributed by atoms with Gasteiger partial charge in [-0.1, -0.05) is 84.1 Å². The molecule has 0 nitrogen and oxygen atoms in total. The molecule has 0 aromatic heterocycles. The third-order valence-electron chi connectivity index (χ3n) is 3.40. The topological polar surface area (TPSA) is 0 Å². The summed E-state index contributed by atoms with van der Waals surface area (Å²) >= 11 is 1.79. The molecule has 108 valence electrons. The van der Waals surface area contributed by atoms with Crippen LogP contribution in [0.2, 0.25) is 0 Å². The Kier molecular flexibility index (Phi) is 4.77. The van der Waals surface area contributed by atoms with Gasteiger partial charge in [0.05, 0.1) is 0 Å². The van der Waals surface area contributed by atoms with Gasteiger partial charge in [0.2, 0.25) is 0 Å². The Balaban J connectivity index is 1.67. The third kappa shape index (κ3) is 4.12. The van der Waals surface area contributed by atoms with Crippen molar-refractivity contribution in [2.45, 2.75) is 16.7 Å². The van der Waals surface area contributed by atoms with E-state index in [1.165, 1.54) is 26.5 Å². The van der Waals surface area contributed by atoms with Crippen molar-refractivity contribution in [2.75, 3.05) is 0 Å². The maximum absolute atomic E-state index is 2.17. The Morgan fingerprint density at radius 2 is 1.09 bits per heavy atom. The highest BCUT2D eigenvalue weighted by atomic mass is 32.2. The van der Waals surface area contributed by atoms with Crippen molar-refractivity contribution in [3.05, 3.63) is 95.6 Å². The Labute approximate surface area is 136 Å². The smallest absolute Gasteiger partial charge is 0.0122 e. The van der Waals surface area contributed by atoms with Crippen LogP contribution >= 0.6 is 11.8 Å². The molecule has 0 aliphatic carbocycles. The van der Waals surface area contributed by atoms with E-state index >= 15 is 0 Å². The zero-order chi connectivity index (χ0) is 15.2. The molecule has 0 spiro atoms. The van der Waals surface area contributed by atoms with E-state index in [2.05, 4.69) is 91.9 Å².